The minimum atomic E-state index is -0.549. The van der Waals surface area contributed by atoms with Gasteiger partial charge >= 0.3 is 5.69 Å². The number of nitro benzene ring substituents is 1. The van der Waals surface area contributed by atoms with Crippen molar-refractivity contribution in [3.05, 3.63) is 71.7 Å². The Balaban J connectivity index is 2.24. The van der Waals surface area contributed by atoms with Crippen molar-refractivity contribution < 1.29 is 9.66 Å². The van der Waals surface area contributed by atoms with Gasteiger partial charge < -0.3 is 4.74 Å². The van der Waals surface area contributed by atoms with Crippen molar-refractivity contribution in [2.75, 3.05) is 0 Å². The third-order valence-electron chi connectivity index (χ3n) is 5.35. The summed E-state index contributed by atoms with van der Waals surface area (Å²) in [5, 5.41) is 16.6. The summed E-state index contributed by atoms with van der Waals surface area (Å²) in [6.45, 7) is 7.68. The van der Waals surface area contributed by atoms with Crippen molar-refractivity contribution in [1.82, 2.24) is 9.66 Å². The normalized spacial score (nSPS) is 13.4. The van der Waals surface area contributed by atoms with Gasteiger partial charge in [0.2, 0.25) is 5.75 Å². The SMILES string of the molecule is CC[C@@H](C)Oc1c(C=Nn2c([C@H](C)CC)nc3ccc(Br)cc3c2=O)cc(Cl)cc1[N+](=O)[O-]. The van der Waals surface area contributed by atoms with Crippen molar-refractivity contribution in [3.63, 3.8) is 0 Å². The van der Waals surface area contributed by atoms with E-state index in [1.54, 1.807) is 12.1 Å². The van der Waals surface area contributed by atoms with E-state index in [9.17, 15) is 14.9 Å². The quantitative estimate of drug-likeness (QED) is 0.192. The van der Waals surface area contributed by atoms with E-state index in [-0.39, 0.29) is 34.0 Å². The maximum Gasteiger partial charge on any atom is 0.313 e. The molecule has 0 saturated heterocycles. The van der Waals surface area contributed by atoms with E-state index in [2.05, 4.69) is 26.0 Å². The summed E-state index contributed by atoms with van der Waals surface area (Å²) in [5.74, 6) is 0.499. The second kappa shape index (κ2) is 10.4. The van der Waals surface area contributed by atoms with E-state index >= 15 is 0 Å². The van der Waals surface area contributed by atoms with Gasteiger partial charge in [-0.1, -0.05) is 48.3 Å². The minimum Gasteiger partial charge on any atom is -0.483 e. The first-order valence-corrected chi connectivity index (χ1v) is 11.7. The number of nitrogens with zero attached hydrogens (tertiary/aromatic N) is 4. The van der Waals surface area contributed by atoms with Crippen LogP contribution >= 0.6 is 27.5 Å². The molecule has 0 bridgehead atoms. The highest BCUT2D eigenvalue weighted by Gasteiger charge is 2.22. The molecule has 33 heavy (non-hydrogen) atoms. The number of aromatic nitrogens is 2. The van der Waals surface area contributed by atoms with Crippen LogP contribution in [0.2, 0.25) is 5.02 Å². The number of fused-ring (bicyclic) bond motifs is 1. The zero-order valence-electron chi connectivity index (χ0n) is 18.7. The van der Waals surface area contributed by atoms with E-state index in [0.717, 1.165) is 10.9 Å². The van der Waals surface area contributed by atoms with Gasteiger partial charge in [-0.2, -0.15) is 9.78 Å². The lowest BCUT2D eigenvalue weighted by Gasteiger charge is -2.16. The molecule has 0 amide bonds. The number of benzene rings is 2. The van der Waals surface area contributed by atoms with Crippen LogP contribution in [-0.4, -0.2) is 26.9 Å². The molecule has 0 fully saturated rings. The van der Waals surface area contributed by atoms with Crippen molar-refractivity contribution in [2.45, 2.75) is 52.6 Å². The summed E-state index contributed by atoms with van der Waals surface area (Å²) in [7, 11) is 0. The zero-order valence-corrected chi connectivity index (χ0v) is 21.1. The molecule has 8 nitrogen and oxygen atoms in total. The highest BCUT2D eigenvalue weighted by Crippen LogP contribution is 2.35. The molecule has 2 aromatic carbocycles. The molecule has 10 heteroatoms. The van der Waals surface area contributed by atoms with Crippen LogP contribution in [0, 0.1) is 10.1 Å². The molecule has 0 radical (unpaired) electrons. The Morgan fingerprint density at radius 3 is 2.64 bits per heavy atom. The Kier molecular flexibility index (Phi) is 7.86. The van der Waals surface area contributed by atoms with Gasteiger partial charge in [-0.25, -0.2) is 4.98 Å². The second-order valence-electron chi connectivity index (χ2n) is 7.74. The smallest absolute Gasteiger partial charge is 0.313 e. The van der Waals surface area contributed by atoms with E-state index in [1.165, 1.54) is 23.0 Å². The van der Waals surface area contributed by atoms with E-state index in [1.807, 2.05) is 33.8 Å². The Morgan fingerprint density at radius 1 is 1.27 bits per heavy atom. The molecule has 0 aliphatic rings. The van der Waals surface area contributed by atoms with Crippen molar-refractivity contribution in [2.24, 2.45) is 5.10 Å². The number of hydrogen-bond acceptors (Lipinski definition) is 6. The van der Waals surface area contributed by atoms with Gasteiger partial charge in [-0.05, 0) is 44.0 Å². The van der Waals surface area contributed by atoms with Crippen LogP contribution in [0.15, 0.2) is 44.7 Å². The average molecular weight is 536 g/mol. The largest absolute Gasteiger partial charge is 0.483 e. The Labute approximate surface area is 204 Å². The van der Waals surface area contributed by atoms with Crippen LogP contribution in [0.4, 0.5) is 5.69 Å². The Bertz CT molecular complexity index is 1290. The highest BCUT2D eigenvalue weighted by atomic mass is 79.9. The van der Waals surface area contributed by atoms with Gasteiger partial charge in [0.15, 0.2) is 0 Å². The molecule has 0 aliphatic heterocycles. The molecule has 0 saturated carbocycles. The predicted octanol–water partition coefficient (Wildman–Crippen LogP) is 6.29. The molecule has 1 heterocycles. The Morgan fingerprint density at radius 2 is 2.00 bits per heavy atom. The van der Waals surface area contributed by atoms with E-state index < -0.39 is 4.92 Å². The first-order valence-electron chi connectivity index (χ1n) is 10.6. The highest BCUT2D eigenvalue weighted by molar-refractivity contribution is 9.10. The maximum absolute atomic E-state index is 13.3. The van der Waals surface area contributed by atoms with E-state index in [4.69, 9.17) is 16.3 Å². The van der Waals surface area contributed by atoms with E-state index in [0.29, 0.717) is 28.7 Å². The number of ether oxygens (including phenoxy) is 1. The molecule has 0 spiro atoms. The van der Waals surface area contributed by atoms with Crippen LogP contribution in [-0.2, 0) is 0 Å². The molecule has 1 aromatic heterocycles. The van der Waals surface area contributed by atoms with Crippen molar-refractivity contribution in [1.29, 1.82) is 0 Å². The molecule has 2 atom stereocenters. The van der Waals surface area contributed by atoms with Crippen LogP contribution in [0.5, 0.6) is 5.75 Å². The molecular weight excluding hydrogens is 512 g/mol. The predicted molar refractivity (Wildman–Crippen MR) is 134 cm³/mol. The molecule has 3 rings (SSSR count). The van der Waals surface area contributed by atoms with Crippen LogP contribution in [0.3, 0.4) is 0 Å². The summed E-state index contributed by atoms with van der Waals surface area (Å²) in [6, 6.07) is 8.06. The zero-order chi connectivity index (χ0) is 24.3. The molecule has 0 unspecified atom stereocenters. The van der Waals surface area contributed by atoms with Gasteiger partial charge in [0.1, 0.15) is 5.82 Å². The fraction of sp³-hybridized carbons (Fsp3) is 0.348. The molecule has 0 N–H and O–H groups in total. The minimum absolute atomic E-state index is 0.0487. The second-order valence-corrected chi connectivity index (χ2v) is 9.09. The monoisotopic (exact) mass is 534 g/mol. The molecule has 174 valence electrons. The summed E-state index contributed by atoms with van der Waals surface area (Å²) in [4.78, 5) is 29.1. The van der Waals surface area contributed by atoms with Crippen LogP contribution in [0.1, 0.15) is 57.8 Å². The third kappa shape index (κ3) is 5.42. The number of rotatable bonds is 8. The lowest BCUT2D eigenvalue weighted by molar-refractivity contribution is -0.386. The topological polar surface area (TPSA) is 99.6 Å². The lowest BCUT2D eigenvalue weighted by Crippen LogP contribution is -2.24. The fourth-order valence-corrected chi connectivity index (χ4v) is 3.73. The number of nitro groups is 1. The molecular formula is C23H24BrClN4O4. The molecule has 3 aromatic rings. The lowest BCUT2D eigenvalue weighted by atomic mass is 10.1. The first-order chi connectivity index (χ1) is 15.7. The summed E-state index contributed by atoms with van der Waals surface area (Å²) >= 11 is 9.53. The van der Waals surface area contributed by atoms with Gasteiger partial charge in [0, 0.05) is 27.0 Å². The number of halogens is 2. The van der Waals surface area contributed by atoms with Gasteiger partial charge in [0.05, 0.1) is 28.1 Å². The van der Waals surface area contributed by atoms with Gasteiger partial charge in [-0.15, -0.1) is 0 Å². The van der Waals surface area contributed by atoms with Gasteiger partial charge in [0.25, 0.3) is 5.56 Å². The summed E-state index contributed by atoms with van der Waals surface area (Å²) in [5.41, 5.74) is 0.267. The van der Waals surface area contributed by atoms with Crippen molar-refractivity contribution in [3.8, 4) is 5.75 Å². The Hall–Kier alpha value is -2.78. The summed E-state index contributed by atoms with van der Waals surface area (Å²) in [6.07, 6.45) is 2.48. The third-order valence-corrected chi connectivity index (χ3v) is 6.06. The van der Waals surface area contributed by atoms with Gasteiger partial charge in [-0.3, -0.25) is 14.9 Å². The maximum atomic E-state index is 13.3. The average Bonchev–Trinajstić information content (AvgIpc) is 2.79. The van der Waals surface area contributed by atoms with Crippen molar-refractivity contribution >= 4 is 50.3 Å². The number of hydrogen-bond donors (Lipinski definition) is 0. The fourth-order valence-electron chi connectivity index (χ4n) is 3.14. The van der Waals surface area contributed by atoms with Crippen LogP contribution < -0.4 is 10.3 Å². The first kappa shape index (κ1) is 24.9. The standard InChI is InChI=1S/C23H24BrClN4O4/c1-5-13(3)22-27-19-8-7-16(24)10-18(19)23(30)28(22)26-12-15-9-17(25)11-20(29(31)32)21(15)33-14(4)6-2/h7-14H,5-6H2,1-4H3/t13-,14-/m1/s1. The molecule has 0 aliphatic carbocycles. The van der Waals surface area contributed by atoms with Crippen LogP contribution in [0.25, 0.3) is 10.9 Å². The summed E-state index contributed by atoms with van der Waals surface area (Å²) < 4.78 is 7.83.